The first kappa shape index (κ1) is 13.6. The fraction of sp³-hybridized carbons (Fsp3) is 0.600. The van der Waals surface area contributed by atoms with Gasteiger partial charge in [-0.3, -0.25) is 0 Å². The van der Waals surface area contributed by atoms with Crippen LogP contribution in [-0.2, 0) is 0 Å². The van der Waals surface area contributed by atoms with Gasteiger partial charge in [-0.2, -0.15) is 11.8 Å². The molecule has 0 radical (unpaired) electrons. The van der Waals surface area contributed by atoms with Gasteiger partial charge < -0.3 is 10.1 Å². The highest BCUT2D eigenvalue weighted by atomic mass is 32.2. The van der Waals surface area contributed by atoms with E-state index >= 15 is 0 Å². The van der Waals surface area contributed by atoms with E-state index in [1.54, 1.807) is 0 Å². The monoisotopic (exact) mass is 265 g/mol. The Balaban J connectivity index is 2.04. The number of aryl methyl sites for hydroxylation is 1. The summed E-state index contributed by atoms with van der Waals surface area (Å²) in [4.78, 5) is 0. The van der Waals surface area contributed by atoms with E-state index in [4.69, 9.17) is 4.74 Å². The summed E-state index contributed by atoms with van der Waals surface area (Å²) in [6.45, 7) is 5.04. The van der Waals surface area contributed by atoms with E-state index in [1.165, 1.54) is 29.9 Å². The normalized spacial score (nSPS) is 16.6. The standard InChI is InChI=1S/C15H23NOS/c1-3-8-17-15-11-12(2)4-5-14(15)16-13-6-9-18-10-7-13/h4-5,11,13,16H,3,6-10H2,1-2H3. The summed E-state index contributed by atoms with van der Waals surface area (Å²) < 4.78 is 5.84. The summed E-state index contributed by atoms with van der Waals surface area (Å²) in [5.74, 6) is 3.55. The van der Waals surface area contributed by atoms with Crippen molar-refractivity contribution in [2.45, 2.75) is 39.2 Å². The third-order valence-electron chi connectivity index (χ3n) is 3.18. The molecule has 0 saturated carbocycles. The largest absolute Gasteiger partial charge is 0.491 e. The highest BCUT2D eigenvalue weighted by Crippen LogP contribution is 2.29. The lowest BCUT2D eigenvalue weighted by Crippen LogP contribution is -2.24. The Hall–Kier alpha value is -0.830. The Morgan fingerprint density at radius 3 is 2.83 bits per heavy atom. The van der Waals surface area contributed by atoms with Crippen molar-refractivity contribution in [2.24, 2.45) is 0 Å². The molecule has 0 amide bonds. The van der Waals surface area contributed by atoms with E-state index in [9.17, 15) is 0 Å². The molecule has 0 aliphatic carbocycles. The lowest BCUT2D eigenvalue weighted by Gasteiger charge is -2.25. The van der Waals surface area contributed by atoms with Gasteiger partial charge in [-0.15, -0.1) is 0 Å². The molecule has 0 spiro atoms. The highest BCUT2D eigenvalue weighted by Gasteiger charge is 2.15. The summed E-state index contributed by atoms with van der Waals surface area (Å²) in [6.07, 6.45) is 3.56. The SMILES string of the molecule is CCCOc1cc(C)ccc1NC1CCSCC1. The van der Waals surface area contributed by atoms with E-state index in [0.717, 1.165) is 24.5 Å². The van der Waals surface area contributed by atoms with Crippen molar-refractivity contribution in [2.75, 3.05) is 23.4 Å². The summed E-state index contributed by atoms with van der Waals surface area (Å²) in [5.41, 5.74) is 2.41. The smallest absolute Gasteiger partial charge is 0.142 e. The Labute approximate surface area is 114 Å². The number of hydrogen-bond acceptors (Lipinski definition) is 3. The van der Waals surface area contributed by atoms with Crippen LogP contribution in [0.4, 0.5) is 5.69 Å². The van der Waals surface area contributed by atoms with E-state index in [-0.39, 0.29) is 0 Å². The number of nitrogens with one attached hydrogen (secondary N) is 1. The summed E-state index contributed by atoms with van der Waals surface area (Å²) in [7, 11) is 0. The molecule has 1 aromatic carbocycles. The van der Waals surface area contributed by atoms with Crippen LogP contribution in [0.5, 0.6) is 5.75 Å². The van der Waals surface area contributed by atoms with Crippen LogP contribution < -0.4 is 10.1 Å². The minimum Gasteiger partial charge on any atom is -0.491 e. The fourth-order valence-corrected chi connectivity index (χ4v) is 3.25. The maximum Gasteiger partial charge on any atom is 0.142 e. The molecule has 1 aliphatic heterocycles. The Bertz CT molecular complexity index is 375. The minimum absolute atomic E-state index is 0.609. The Kier molecular flexibility index (Phi) is 5.24. The molecule has 1 saturated heterocycles. The maximum atomic E-state index is 5.84. The Morgan fingerprint density at radius 1 is 1.33 bits per heavy atom. The first-order valence-corrected chi connectivity index (χ1v) is 8.03. The van der Waals surface area contributed by atoms with Crippen molar-refractivity contribution in [3.8, 4) is 5.75 Å². The molecule has 18 heavy (non-hydrogen) atoms. The molecule has 0 atom stereocenters. The number of hydrogen-bond donors (Lipinski definition) is 1. The zero-order valence-corrected chi connectivity index (χ0v) is 12.2. The van der Waals surface area contributed by atoms with Gasteiger partial charge in [0, 0.05) is 6.04 Å². The van der Waals surface area contributed by atoms with Crippen molar-refractivity contribution < 1.29 is 4.74 Å². The van der Waals surface area contributed by atoms with Gasteiger partial charge in [0.05, 0.1) is 12.3 Å². The van der Waals surface area contributed by atoms with Crippen LogP contribution in [0.3, 0.4) is 0 Å². The van der Waals surface area contributed by atoms with Crippen molar-refractivity contribution in [1.82, 2.24) is 0 Å². The van der Waals surface area contributed by atoms with Crippen LogP contribution in [0, 0.1) is 6.92 Å². The molecule has 3 heteroatoms. The topological polar surface area (TPSA) is 21.3 Å². The molecular formula is C15H23NOS. The zero-order valence-electron chi connectivity index (χ0n) is 11.4. The van der Waals surface area contributed by atoms with Gasteiger partial charge in [0.15, 0.2) is 0 Å². The van der Waals surface area contributed by atoms with Crippen LogP contribution in [0.15, 0.2) is 18.2 Å². The molecule has 2 nitrogen and oxygen atoms in total. The number of benzene rings is 1. The molecule has 1 aromatic rings. The molecule has 1 heterocycles. The molecule has 1 aliphatic rings. The molecule has 1 fully saturated rings. The van der Waals surface area contributed by atoms with Gasteiger partial charge in [0.1, 0.15) is 5.75 Å². The van der Waals surface area contributed by atoms with Crippen LogP contribution in [0.1, 0.15) is 31.7 Å². The summed E-state index contributed by atoms with van der Waals surface area (Å²) in [6, 6.07) is 7.05. The second-order valence-electron chi connectivity index (χ2n) is 4.88. The maximum absolute atomic E-state index is 5.84. The van der Waals surface area contributed by atoms with Crippen LogP contribution in [0.25, 0.3) is 0 Å². The van der Waals surface area contributed by atoms with Crippen molar-refractivity contribution >= 4 is 17.4 Å². The average molecular weight is 265 g/mol. The molecule has 0 aromatic heterocycles. The molecule has 1 N–H and O–H groups in total. The number of thioether (sulfide) groups is 1. The third kappa shape index (κ3) is 3.84. The summed E-state index contributed by atoms with van der Waals surface area (Å²) in [5, 5.41) is 3.65. The number of ether oxygens (including phenoxy) is 1. The van der Waals surface area contributed by atoms with E-state index in [1.807, 2.05) is 0 Å². The van der Waals surface area contributed by atoms with Gasteiger partial charge >= 0.3 is 0 Å². The second kappa shape index (κ2) is 6.93. The molecular weight excluding hydrogens is 242 g/mol. The van der Waals surface area contributed by atoms with Crippen LogP contribution in [0.2, 0.25) is 0 Å². The zero-order chi connectivity index (χ0) is 12.8. The van der Waals surface area contributed by atoms with E-state index in [0.29, 0.717) is 6.04 Å². The number of rotatable bonds is 5. The van der Waals surface area contributed by atoms with Gasteiger partial charge in [-0.05, 0) is 55.4 Å². The van der Waals surface area contributed by atoms with E-state index < -0.39 is 0 Å². The second-order valence-corrected chi connectivity index (χ2v) is 6.10. The number of anilines is 1. The molecule has 2 rings (SSSR count). The average Bonchev–Trinajstić information content (AvgIpc) is 2.40. The lowest BCUT2D eigenvalue weighted by atomic mass is 10.1. The van der Waals surface area contributed by atoms with Gasteiger partial charge in [-0.25, -0.2) is 0 Å². The minimum atomic E-state index is 0.609. The lowest BCUT2D eigenvalue weighted by molar-refractivity contribution is 0.318. The quantitative estimate of drug-likeness (QED) is 0.866. The predicted molar refractivity (Wildman–Crippen MR) is 80.9 cm³/mol. The predicted octanol–water partition coefficient (Wildman–Crippen LogP) is 4.09. The molecule has 0 bridgehead atoms. The van der Waals surface area contributed by atoms with Gasteiger partial charge in [0.2, 0.25) is 0 Å². The van der Waals surface area contributed by atoms with Crippen molar-refractivity contribution in [3.05, 3.63) is 23.8 Å². The highest BCUT2D eigenvalue weighted by molar-refractivity contribution is 7.99. The van der Waals surface area contributed by atoms with Crippen LogP contribution >= 0.6 is 11.8 Å². The van der Waals surface area contributed by atoms with Gasteiger partial charge in [-0.1, -0.05) is 13.0 Å². The molecule has 100 valence electrons. The van der Waals surface area contributed by atoms with Crippen LogP contribution in [-0.4, -0.2) is 24.2 Å². The first-order chi connectivity index (χ1) is 8.79. The molecule has 0 unspecified atom stereocenters. The Morgan fingerprint density at radius 2 is 2.11 bits per heavy atom. The van der Waals surface area contributed by atoms with Crippen molar-refractivity contribution in [1.29, 1.82) is 0 Å². The van der Waals surface area contributed by atoms with E-state index in [2.05, 4.69) is 49.1 Å². The first-order valence-electron chi connectivity index (χ1n) is 6.87. The van der Waals surface area contributed by atoms with Crippen molar-refractivity contribution in [3.63, 3.8) is 0 Å². The summed E-state index contributed by atoms with van der Waals surface area (Å²) >= 11 is 2.06. The van der Waals surface area contributed by atoms with Gasteiger partial charge in [0.25, 0.3) is 0 Å². The third-order valence-corrected chi connectivity index (χ3v) is 4.23. The fourth-order valence-electron chi connectivity index (χ4n) is 2.14.